The maximum atomic E-state index is 5.98. The van der Waals surface area contributed by atoms with Crippen molar-refractivity contribution < 1.29 is 49.0 Å². The first kappa shape index (κ1) is 40.3. The molecule has 3 aliphatic carbocycles. The van der Waals surface area contributed by atoms with Crippen LogP contribution in [0, 0.1) is 6.42 Å². The standard InChI is InChI=1S/C27H29.C13H8Cl2.C5H5.2ClH.Zr/c1-16-7-9-26(3,4)24-12-18-11-19-13-25-21(17(2)8-10-27(25,5)6)15-23(19)22(18)14-20(16)24;14-12-5-1-3-10(8-12)7-11-4-2-6-13(15)9-11;1-2-4-5-3-1;;;/h7-9,12-15H,10-11H2,1-6H3;1-6,8-9H;1-5H;2*1H;/q-1;;-1;;;+2/p-2. The Balaban J connectivity index is 0.000000208. The zero-order valence-corrected chi connectivity index (χ0v) is 35.0. The molecular weight excluding hydrogens is 774 g/mol. The molecule has 0 saturated carbocycles. The summed E-state index contributed by atoms with van der Waals surface area (Å²) in [6, 6.07) is 35.7. The third kappa shape index (κ3) is 8.57. The zero-order valence-electron chi connectivity index (χ0n) is 29.5. The van der Waals surface area contributed by atoms with Gasteiger partial charge < -0.3 is 24.8 Å². The second kappa shape index (κ2) is 16.4. The van der Waals surface area contributed by atoms with E-state index in [4.69, 9.17) is 23.2 Å². The van der Waals surface area contributed by atoms with Crippen molar-refractivity contribution in [3.63, 3.8) is 0 Å². The van der Waals surface area contributed by atoms with Gasteiger partial charge in [-0.05, 0) is 70.2 Å². The molecule has 0 radical (unpaired) electrons. The van der Waals surface area contributed by atoms with E-state index in [1.807, 2.05) is 66.7 Å². The van der Waals surface area contributed by atoms with Gasteiger partial charge in [0.2, 0.25) is 0 Å². The third-order valence-electron chi connectivity index (χ3n) is 9.88. The maximum absolute atomic E-state index is 5.98. The number of fused-ring (bicyclic) bond motifs is 5. The van der Waals surface area contributed by atoms with Crippen molar-refractivity contribution in [1.82, 2.24) is 0 Å². The summed E-state index contributed by atoms with van der Waals surface area (Å²) in [5.74, 6) is 0. The summed E-state index contributed by atoms with van der Waals surface area (Å²) in [7, 11) is 0. The van der Waals surface area contributed by atoms with E-state index in [1.165, 1.54) is 83.1 Å². The molecule has 0 amide bonds. The number of hydrogen-bond donors (Lipinski definition) is 0. The molecule has 50 heavy (non-hydrogen) atoms. The summed E-state index contributed by atoms with van der Waals surface area (Å²) >= 11 is 13.3. The average molecular weight is 816 g/mol. The van der Waals surface area contributed by atoms with Gasteiger partial charge in [-0.15, -0.1) is 12.5 Å². The fourth-order valence-corrected chi connectivity index (χ4v) is 8.10. The van der Waals surface area contributed by atoms with Crippen LogP contribution in [0.25, 0.3) is 22.3 Å². The van der Waals surface area contributed by atoms with E-state index >= 15 is 0 Å². The van der Waals surface area contributed by atoms with Crippen molar-refractivity contribution in [2.24, 2.45) is 0 Å². The Morgan fingerprint density at radius 3 is 1.68 bits per heavy atom. The predicted octanol–water partition coefficient (Wildman–Crippen LogP) is 6.76. The normalized spacial score (nSPS) is 15.2. The molecule has 0 bridgehead atoms. The van der Waals surface area contributed by atoms with Crippen LogP contribution in [0.4, 0.5) is 0 Å². The Kier molecular flexibility index (Phi) is 13.2. The number of halogens is 4. The first-order chi connectivity index (χ1) is 22.8. The Bertz CT molecular complexity index is 1910. The molecule has 0 aliphatic heterocycles. The second-order valence-electron chi connectivity index (χ2n) is 14.4. The van der Waals surface area contributed by atoms with Crippen molar-refractivity contribution in [3.8, 4) is 11.1 Å². The first-order valence-corrected chi connectivity index (χ1v) is 18.6. The van der Waals surface area contributed by atoms with Crippen LogP contribution in [0.15, 0.2) is 115 Å². The van der Waals surface area contributed by atoms with Crippen LogP contribution in [0.5, 0.6) is 0 Å². The van der Waals surface area contributed by atoms with Gasteiger partial charge >= 0.3 is 120 Å². The molecular formula is C45H42Cl4Zr-2. The van der Waals surface area contributed by atoms with Crippen molar-refractivity contribution in [3.05, 3.63) is 176 Å². The minimum Gasteiger partial charge on any atom is -1.00 e. The Morgan fingerprint density at radius 1 is 0.660 bits per heavy atom. The molecule has 5 aromatic rings. The SMILES string of the molecule is CC1=C[CH-]C(C)(C)c2cc3c(cc21)-c1cc2c(cc1C3)C(C)(C)CC=C2C.Clc1cccc([C](=[Zr+2])c2cccc(Cl)c2)c1.[Cl-].[Cl-].c1cc[cH-]c1. The van der Waals surface area contributed by atoms with Gasteiger partial charge in [-0.2, -0.15) is 23.8 Å². The van der Waals surface area contributed by atoms with Crippen molar-refractivity contribution >= 4 is 37.6 Å². The van der Waals surface area contributed by atoms with Crippen LogP contribution in [0.1, 0.15) is 92.5 Å². The van der Waals surface area contributed by atoms with Crippen molar-refractivity contribution in [2.45, 2.75) is 65.2 Å². The van der Waals surface area contributed by atoms with E-state index in [9.17, 15) is 0 Å². The summed E-state index contributed by atoms with van der Waals surface area (Å²) < 4.78 is 1.26. The van der Waals surface area contributed by atoms with E-state index in [2.05, 4.69) is 96.5 Å². The number of rotatable bonds is 2. The molecule has 0 atom stereocenters. The molecule has 5 heteroatoms. The van der Waals surface area contributed by atoms with E-state index in [0.717, 1.165) is 34.0 Å². The molecule has 0 aromatic heterocycles. The number of benzene rings is 4. The van der Waals surface area contributed by atoms with E-state index in [-0.39, 0.29) is 35.6 Å². The average Bonchev–Trinajstić information content (AvgIpc) is 3.76. The van der Waals surface area contributed by atoms with Crippen LogP contribution < -0.4 is 24.8 Å². The second-order valence-corrected chi connectivity index (χ2v) is 16.5. The zero-order chi connectivity index (χ0) is 34.2. The molecule has 0 saturated heterocycles. The summed E-state index contributed by atoms with van der Waals surface area (Å²) in [4.78, 5) is 0. The van der Waals surface area contributed by atoms with E-state index < -0.39 is 0 Å². The van der Waals surface area contributed by atoms with Gasteiger partial charge in [0.05, 0.1) is 0 Å². The van der Waals surface area contributed by atoms with Gasteiger partial charge in [-0.1, -0.05) is 62.9 Å². The van der Waals surface area contributed by atoms with Gasteiger partial charge in [0.15, 0.2) is 0 Å². The van der Waals surface area contributed by atoms with Gasteiger partial charge in [-0.3, -0.25) is 0 Å². The fraction of sp³-hybridized carbons (Fsp3) is 0.222. The largest absolute Gasteiger partial charge is 1.00 e. The summed E-state index contributed by atoms with van der Waals surface area (Å²) in [6.07, 6.45) is 9.28. The smallest absolute Gasteiger partial charge is 0.172 e. The predicted molar refractivity (Wildman–Crippen MR) is 205 cm³/mol. The molecule has 256 valence electrons. The minimum absolute atomic E-state index is 0. The van der Waals surface area contributed by atoms with E-state index in [0.29, 0.717) is 0 Å². The van der Waals surface area contributed by atoms with Crippen LogP contribution in [0.2, 0.25) is 10.0 Å². The third-order valence-corrected chi connectivity index (χ3v) is 11.8. The topological polar surface area (TPSA) is 0 Å². The van der Waals surface area contributed by atoms with Crippen LogP contribution >= 0.6 is 23.2 Å². The van der Waals surface area contributed by atoms with Gasteiger partial charge in [0.1, 0.15) is 0 Å². The molecule has 5 aromatic carbocycles. The van der Waals surface area contributed by atoms with Gasteiger partial charge in [0.25, 0.3) is 0 Å². The molecule has 0 N–H and O–H groups in total. The molecule has 0 fully saturated rings. The molecule has 0 unspecified atom stereocenters. The summed E-state index contributed by atoms with van der Waals surface area (Å²) in [5.41, 5.74) is 17.3. The molecule has 3 aliphatic rings. The fourth-order valence-electron chi connectivity index (χ4n) is 6.95. The first-order valence-electron chi connectivity index (χ1n) is 16.7. The van der Waals surface area contributed by atoms with Crippen molar-refractivity contribution in [2.75, 3.05) is 0 Å². The minimum atomic E-state index is 0. The molecule has 0 nitrogen and oxygen atoms in total. The van der Waals surface area contributed by atoms with Gasteiger partial charge in [0, 0.05) is 0 Å². The number of allylic oxidation sites excluding steroid dienone is 4. The molecule has 8 rings (SSSR count). The van der Waals surface area contributed by atoms with Crippen LogP contribution in [0.3, 0.4) is 0 Å². The summed E-state index contributed by atoms with van der Waals surface area (Å²) in [6.45, 7) is 13.9. The maximum Gasteiger partial charge on any atom is -0.172 e. The van der Waals surface area contributed by atoms with Crippen LogP contribution in [-0.2, 0) is 41.5 Å². The monoisotopic (exact) mass is 812 g/mol. The van der Waals surface area contributed by atoms with Gasteiger partial charge in [-0.25, -0.2) is 24.6 Å². The quantitative estimate of drug-likeness (QED) is 0.170. The Hall–Kier alpha value is -2.51. The Labute approximate surface area is 336 Å². The summed E-state index contributed by atoms with van der Waals surface area (Å²) in [5, 5.41) is 1.53. The number of hydrogen-bond acceptors (Lipinski definition) is 0. The van der Waals surface area contributed by atoms with Crippen molar-refractivity contribution in [1.29, 1.82) is 0 Å². The molecule has 0 heterocycles. The molecule has 0 spiro atoms. The van der Waals surface area contributed by atoms with Crippen LogP contribution in [-0.4, -0.2) is 3.21 Å². The Morgan fingerprint density at radius 2 is 1.18 bits per heavy atom. The van der Waals surface area contributed by atoms with E-state index in [1.54, 1.807) is 0 Å².